The van der Waals surface area contributed by atoms with Gasteiger partial charge in [-0.2, -0.15) is 0 Å². The Morgan fingerprint density at radius 2 is 2.04 bits per heavy atom. The van der Waals surface area contributed by atoms with Crippen LogP contribution in [-0.4, -0.2) is 42.8 Å². The highest BCUT2D eigenvalue weighted by atomic mass is 16.6. The van der Waals surface area contributed by atoms with Crippen LogP contribution < -0.4 is 10.5 Å². The summed E-state index contributed by atoms with van der Waals surface area (Å²) >= 11 is 0. The second-order valence-electron chi connectivity index (χ2n) is 5.31. The summed E-state index contributed by atoms with van der Waals surface area (Å²) in [7, 11) is 1.65. The van der Waals surface area contributed by atoms with E-state index in [9.17, 15) is 4.79 Å². The Hall–Kier alpha value is -2.80. The number of fused-ring (bicyclic) bond motifs is 1. The highest BCUT2D eigenvalue weighted by molar-refractivity contribution is 5.85. The summed E-state index contributed by atoms with van der Waals surface area (Å²) in [5, 5.41) is 15.5. The van der Waals surface area contributed by atoms with Crippen molar-refractivity contribution in [2.75, 3.05) is 20.3 Å². The lowest BCUT2D eigenvalue weighted by Crippen LogP contribution is -2.34. The smallest absolute Gasteiger partial charge is 0.338 e. The fourth-order valence-electron chi connectivity index (χ4n) is 2.16. The Morgan fingerprint density at radius 1 is 1.33 bits per heavy atom. The molecule has 2 amide bonds. The van der Waals surface area contributed by atoms with Crippen molar-refractivity contribution in [2.45, 2.75) is 12.8 Å². The number of hydroxylamine groups is 2. The minimum atomic E-state index is -0.927. The lowest BCUT2D eigenvalue weighted by atomic mass is 9.99. The number of hydrogen-bond donors (Lipinski definition) is 2. The first-order valence-electron chi connectivity index (χ1n) is 7.50. The molecule has 0 radical (unpaired) electrons. The molecule has 3 N–H and O–H groups in total. The molecular formula is C17H21N3O4. The molecule has 24 heavy (non-hydrogen) atoms. The first-order valence-corrected chi connectivity index (χ1v) is 7.50. The van der Waals surface area contributed by atoms with Crippen LogP contribution in [0.2, 0.25) is 0 Å². The van der Waals surface area contributed by atoms with Crippen LogP contribution in [-0.2, 0) is 4.84 Å². The van der Waals surface area contributed by atoms with E-state index < -0.39 is 6.03 Å². The zero-order valence-electron chi connectivity index (χ0n) is 13.7. The third kappa shape index (κ3) is 4.60. The van der Waals surface area contributed by atoms with Crippen LogP contribution in [0.4, 0.5) is 4.79 Å². The van der Waals surface area contributed by atoms with E-state index >= 15 is 0 Å². The maximum Gasteiger partial charge on any atom is 0.338 e. The minimum Gasteiger partial charge on any atom is -0.497 e. The lowest BCUT2D eigenvalue weighted by Gasteiger charge is -2.11. The average Bonchev–Trinajstić information content (AvgIpc) is 2.59. The summed E-state index contributed by atoms with van der Waals surface area (Å²) in [4.78, 5) is 15.6. The molecular weight excluding hydrogens is 310 g/mol. The number of carbonyl (C=O) groups excluding carboxylic acids is 1. The van der Waals surface area contributed by atoms with E-state index in [2.05, 4.69) is 11.2 Å². The zero-order chi connectivity index (χ0) is 17.5. The van der Waals surface area contributed by atoms with Gasteiger partial charge in [0.25, 0.3) is 0 Å². The number of rotatable bonds is 7. The second kappa shape index (κ2) is 8.16. The second-order valence-corrected chi connectivity index (χ2v) is 5.31. The molecule has 0 saturated carbocycles. The molecule has 2 rings (SSSR count). The standard InChI is InChI=1S/C17H21N3O4/c1-12(11-19-24-8-7-20(22)17(18)21)13-3-4-15-10-16(23-2)6-5-14(15)9-13/h3-6,9-12,22H,7-8H2,1-2H3,(H2,18,21)/b19-11+. The first-order chi connectivity index (χ1) is 11.5. The summed E-state index contributed by atoms with van der Waals surface area (Å²) in [6, 6.07) is 11.2. The van der Waals surface area contributed by atoms with E-state index in [0.29, 0.717) is 5.06 Å². The summed E-state index contributed by atoms with van der Waals surface area (Å²) in [5.41, 5.74) is 5.97. The number of nitrogens with two attached hydrogens (primary N) is 1. The van der Waals surface area contributed by atoms with Crippen molar-refractivity contribution in [2.24, 2.45) is 10.9 Å². The number of amides is 2. The number of methoxy groups -OCH3 is 1. The fraction of sp³-hybridized carbons (Fsp3) is 0.294. The van der Waals surface area contributed by atoms with Crippen LogP contribution in [0.1, 0.15) is 18.4 Å². The predicted octanol–water partition coefficient (Wildman–Crippen LogP) is 2.72. The molecule has 0 saturated heterocycles. The van der Waals surface area contributed by atoms with E-state index in [4.69, 9.17) is 20.5 Å². The van der Waals surface area contributed by atoms with Gasteiger partial charge in [-0.3, -0.25) is 5.21 Å². The minimum absolute atomic E-state index is 0.0428. The highest BCUT2D eigenvalue weighted by Crippen LogP contribution is 2.24. The molecule has 0 aliphatic heterocycles. The topological polar surface area (TPSA) is 97.4 Å². The van der Waals surface area contributed by atoms with Crippen molar-refractivity contribution in [1.82, 2.24) is 5.06 Å². The van der Waals surface area contributed by atoms with Gasteiger partial charge in [0.2, 0.25) is 0 Å². The van der Waals surface area contributed by atoms with Gasteiger partial charge in [0.05, 0.1) is 19.9 Å². The van der Waals surface area contributed by atoms with Gasteiger partial charge in [0, 0.05) is 5.92 Å². The molecule has 0 aromatic heterocycles. The number of nitrogens with zero attached hydrogens (tertiary/aromatic N) is 2. The van der Waals surface area contributed by atoms with Gasteiger partial charge in [-0.1, -0.05) is 36.3 Å². The molecule has 0 heterocycles. The van der Waals surface area contributed by atoms with Gasteiger partial charge in [-0.25, -0.2) is 9.86 Å². The van der Waals surface area contributed by atoms with Crippen molar-refractivity contribution >= 4 is 23.0 Å². The summed E-state index contributed by atoms with van der Waals surface area (Å²) in [6.45, 7) is 2.01. The maximum absolute atomic E-state index is 10.6. The third-order valence-electron chi connectivity index (χ3n) is 3.61. The van der Waals surface area contributed by atoms with E-state index in [1.54, 1.807) is 13.3 Å². The Morgan fingerprint density at radius 3 is 2.75 bits per heavy atom. The summed E-state index contributed by atoms with van der Waals surface area (Å²) in [5.74, 6) is 0.880. The third-order valence-corrected chi connectivity index (χ3v) is 3.61. The summed E-state index contributed by atoms with van der Waals surface area (Å²) < 4.78 is 5.22. The predicted molar refractivity (Wildman–Crippen MR) is 91.4 cm³/mol. The molecule has 0 aliphatic carbocycles. The maximum atomic E-state index is 10.6. The van der Waals surface area contributed by atoms with Gasteiger partial charge in [0.1, 0.15) is 12.4 Å². The van der Waals surface area contributed by atoms with Crippen molar-refractivity contribution in [3.05, 3.63) is 42.0 Å². The van der Waals surface area contributed by atoms with Gasteiger partial charge in [0.15, 0.2) is 0 Å². The van der Waals surface area contributed by atoms with Crippen LogP contribution in [0.25, 0.3) is 10.8 Å². The molecule has 2 aromatic rings. The molecule has 7 heteroatoms. The number of hydrogen-bond acceptors (Lipinski definition) is 5. The SMILES string of the molecule is COc1ccc2cc(C(C)/C=N/OCCN(O)C(N)=O)ccc2c1. The van der Waals surface area contributed by atoms with Gasteiger partial charge in [-0.05, 0) is 28.5 Å². The van der Waals surface area contributed by atoms with E-state index in [1.807, 2.05) is 37.3 Å². The van der Waals surface area contributed by atoms with E-state index in [0.717, 1.165) is 22.1 Å². The largest absolute Gasteiger partial charge is 0.497 e. The average molecular weight is 331 g/mol. The summed E-state index contributed by atoms with van der Waals surface area (Å²) in [6.07, 6.45) is 1.66. The molecule has 2 aromatic carbocycles. The molecule has 7 nitrogen and oxygen atoms in total. The van der Waals surface area contributed by atoms with Crippen LogP contribution in [0.3, 0.4) is 0 Å². The molecule has 0 spiro atoms. The highest BCUT2D eigenvalue weighted by Gasteiger charge is 2.06. The quantitative estimate of drug-likeness (QED) is 0.353. The molecule has 0 bridgehead atoms. The van der Waals surface area contributed by atoms with Gasteiger partial charge >= 0.3 is 6.03 Å². The van der Waals surface area contributed by atoms with Crippen LogP contribution in [0, 0.1) is 0 Å². The zero-order valence-corrected chi connectivity index (χ0v) is 13.7. The molecule has 0 aliphatic rings. The van der Waals surface area contributed by atoms with E-state index in [-0.39, 0.29) is 19.1 Å². The lowest BCUT2D eigenvalue weighted by molar-refractivity contribution is -0.0560. The van der Waals surface area contributed by atoms with Crippen molar-refractivity contribution in [3.63, 3.8) is 0 Å². The Kier molecular flexibility index (Phi) is 5.97. The Labute approximate surface area is 140 Å². The first kappa shape index (κ1) is 17.6. The molecule has 1 atom stereocenters. The number of benzene rings is 2. The fourth-order valence-corrected chi connectivity index (χ4v) is 2.16. The van der Waals surface area contributed by atoms with Crippen molar-refractivity contribution < 1.29 is 19.6 Å². The molecule has 128 valence electrons. The van der Waals surface area contributed by atoms with Crippen LogP contribution in [0.15, 0.2) is 41.6 Å². The number of urea groups is 1. The van der Waals surface area contributed by atoms with Crippen molar-refractivity contribution in [3.8, 4) is 5.75 Å². The van der Waals surface area contributed by atoms with Crippen LogP contribution >= 0.6 is 0 Å². The van der Waals surface area contributed by atoms with Crippen LogP contribution in [0.5, 0.6) is 5.75 Å². The number of oxime groups is 1. The normalized spacial score (nSPS) is 12.3. The van der Waals surface area contributed by atoms with E-state index in [1.165, 1.54) is 0 Å². The monoisotopic (exact) mass is 331 g/mol. The molecule has 0 fully saturated rings. The van der Waals surface area contributed by atoms with Gasteiger partial charge in [-0.15, -0.1) is 0 Å². The number of carbonyl (C=O) groups is 1. The Balaban J connectivity index is 1.94. The van der Waals surface area contributed by atoms with Crippen molar-refractivity contribution in [1.29, 1.82) is 0 Å². The number of primary amides is 1. The Bertz CT molecular complexity index is 733. The number of ether oxygens (including phenoxy) is 1. The van der Waals surface area contributed by atoms with Gasteiger partial charge < -0.3 is 15.3 Å². The molecule has 1 unspecified atom stereocenters.